The first kappa shape index (κ1) is 33.2. The quantitative estimate of drug-likeness (QED) is 0.0811. The number of nitrogens with one attached hydrogen (secondary N) is 2. The number of aliphatic hydroxyl groups is 5. The van der Waals surface area contributed by atoms with Crippen LogP contribution in [0.4, 0.5) is 4.39 Å². The number of β-amino-alcohol motifs (C(OH)–C–C–N with tert-alkyl or cyclic N) is 1. The normalized spacial score (nSPS) is 44.3. The smallest absolute Gasteiger partial charge is 0.254 e. The van der Waals surface area contributed by atoms with Crippen molar-refractivity contribution in [1.29, 1.82) is 0 Å². The highest BCUT2D eigenvalue weighted by Crippen LogP contribution is 2.32. The summed E-state index contributed by atoms with van der Waals surface area (Å²) in [6.45, 7) is -1.42. The van der Waals surface area contributed by atoms with Crippen molar-refractivity contribution in [3.8, 4) is 0 Å². The van der Waals surface area contributed by atoms with Crippen molar-refractivity contribution in [3.05, 3.63) is 0 Å². The molecule has 0 bridgehead atoms. The molecular weight excluding hydrogens is 565 g/mol. The molecule has 4 aliphatic rings. The van der Waals surface area contributed by atoms with Crippen LogP contribution < -0.4 is 33.6 Å². The van der Waals surface area contributed by atoms with Crippen LogP contribution in [0.25, 0.3) is 0 Å². The zero-order valence-electron chi connectivity index (χ0n) is 23.1. The molecule has 1 amide bonds. The first-order valence-corrected chi connectivity index (χ1v) is 14.0. The van der Waals surface area contributed by atoms with Gasteiger partial charge in [-0.15, -0.1) is 0 Å². The largest absolute Gasteiger partial charge is 0.394 e. The number of nitrogens with zero attached hydrogens (tertiary/aromatic N) is 1. The van der Waals surface area contributed by atoms with Gasteiger partial charge in [0.15, 0.2) is 18.2 Å². The Morgan fingerprint density at radius 3 is 2.33 bits per heavy atom. The van der Waals surface area contributed by atoms with Crippen LogP contribution in [0.5, 0.6) is 0 Å². The molecule has 4 rings (SSSR count). The van der Waals surface area contributed by atoms with Gasteiger partial charge in [0, 0.05) is 19.1 Å². The number of hydrogen-bond donors (Lipinski definition) is 11. The minimum absolute atomic E-state index is 0.00865. The number of carbonyl (C=O) groups is 1. The fraction of sp³-hybridized carbons (Fsp3) is 0.917. The second kappa shape index (κ2) is 14.0. The van der Waals surface area contributed by atoms with Gasteiger partial charge in [-0.2, -0.15) is 0 Å². The van der Waals surface area contributed by atoms with Crippen molar-refractivity contribution < 1.29 is 53.7 Å². The molecule has 13 atom stereocenters. The molecule has 3 heterocycles. The van der Waals surface area contributed by atoms with Crippen molar-refractivity contribution >= 4 is 11.7 Å². The molecule has 0 aromatic rings. The van der Waals surface area contributed by atoms with E-state index in [4.69, 9.17) is 41.9 Å². The highest BCUT2D eigenvalue weighted by molar-refractivity contribution is 5.87. The van der Waals surface area contributed by atoms with Gasteiger partial charge in [-0.3, -0.25) is 9.79 Å². The maximum absolute atomic E-state index is 12.9. The number of rotatable bonds is 10. The lowest BCUT2D eigenvalue weighted by molar-refractivity contribution is -0.314. The van der Waals surface area contributed by atoms with Crippen LogP contribution in [-0.4, -0.2) is 155 Å². The third-order valence-corrected chi connectivity index (χ3v) is 8.24. The summed E-state index contributed by atoms with van der Waals surface area (Å²) >= 11 is 0. The Labute approximate surface area is 241 Å². The fourth-order valence-electron chi connectivity index (χ4n) is 5.50. The van der Waals surface area contributed by atoms with Crippen molar-refractivity contribution in [1.82, 2.24) is 10.6 Å². The summed E-state index contributed by atoms with van der Waals surface area (Å²) in [6, 6.07) is -3.74. The molecule has 0 aromatic carbocycles. The van der Waals surface area contributed by atoms with Gasteiger partial charge in [0.25, 0.3) is 5.91 Å². The Bertz CT molecular complexity index is 949. The van der Waals surface area contributed by atoms with Gasteiger partial charge in [-0.05, 0) is 19.3 Å². The number of aliphatic imine (C=N–C) groups is 1. The summed E-state index contributed by atoms with van der Waals surface area (Å²) in [5, 5.41) is 58.0. The lowest BCUT2D eigenvalue weighted by Gasteiger charge is -2.49. The molecule has 3 saturated heterocycles. The third kappa shape index (κ3) is 7.17. The van der Waals surface area contributed by atoms with Crippen LogP contribution >= 0.6 is 0 Å². The van der Waals surface area contributed by atoms with E-state index in [0.717, 1.165) is 0 Å². The maximum atomic E-state index is 12.9. The van der Waals surface area contributed by atoms with E-state index in [9.17, 15) is 34.7 Å². The molecular formula is C24H44FN7O10. The number of amides is 1. The predicted octanol–water partition coefficient (Wildman–Crippen LogP) is -6.41. The second-order valence-electron chi connectivity index (χ2n) is 11.4. The van der Waals surface area contributed by atoms with Gasteiger partial charge in [0.2, 0.25) is 0 Å². The molecule has 4 fully saturated rings. The van der Waals surface area contributed by atoms with E-state index in [2.05, 4.69) is 15.6 Å². The minimum atomic E-state index is -1.67. The lowest BCUT2D eigenvalue weighted by Crippen LogP contribution is -2.72. The van der Waals surface area contributed by atoms with Gasteiger partial charge in [-0.1, -0.05) is 0 Å². The first-order chi connectivity index (χ1) is 19.9. The highest BCUT2D eigenvalue weighted by atomic mass is 19.1. The van der Waals surface area contributed by atoms with Crippen LogP contribution in [0.15, 0.2) is 4.99 Å². The van der Waals surface area contributed by atoms with Crippen LogP contribution in [0.1, 0.15) is 19.3 Å². The molecule has 1 aliphatic carbocycles. The van der Waals surface area contributed by atoms with E-state index in [1.165, 1.54) is 0 Å². The topological polar surface area (TPSA) is 296 Å². The summed E-state index contributed by atoms with van der Waals surface area (Å²) in [5.74, 6) is -0.897. The standard InChI is InChI=1S/C24H44FN7O10/c25-4-14(28)31-5-9-1-2-10(26)21(39-9)41-19-11(27)3-12(32-23(37)24(38)7-30-8-24)20(18(19)36)42-22-17(35)15(29)16(34)13(6-33)40-22/h9-13,15-22,30,33-36,38H,1-8,26-27,29H2,(H2,28,31)(H,32,37)/t9-,10?,11-,12+,13?,15-,16?,17?,18?,19?,20?,21+,22+/m0/s1. The number of hydrogen-bond acceptors (Lipinski definition) is 15. The minimum Gasteiger partial charge on any atom is -0.394 e. The van der Waals surface area contributed by atoms with Crippen molar-refractivity contribution in [3.63, 3.8) is 0 Å². The van der Waals surface area contributed by atoms with E-state index in [1.54, 1.807) is 0 Å². The Morgan fingerprint density at radius 1 is 1.02 bits per heavy atom. The number of ether oxygens (including phenoxy) is 4. The lowest BCUT2D eigenvalue weighted by atomic mass is 9.83. The molecule has 242 valence electrons. The van der Waals surface area contributed by atoms with Crippen molar-refractivity contribution in [2.75, 3.05) is 32.9 Å². The average molecular weight is 610 g/mol. The third-order valence-electron chi connectivity index (χ3n) is 8.24. The molecule has 15 N–H and O–H groups in total. The van der Waals surface area contributed by atoms with Gasteiger partial charge >= 0.3 is 0 Å². The SMILES string of the molecule is NC(CF)=NC[C@@H]1CCC(N)[C@@H](OC2C(O)C(O[C@H]3OC(CO)C(O)[C@H](N)C3O)[C@H](NC(=O)C3(O)CNC3)C[C@@H]2N)O1. The van der Waals surface area contributed by atoms with Gasteiger partial charge in [0.1, 0.15) is 49.1 Å². The number of aliphatic hydroxyl groups excluding tert-OH is 4. The molecule has 42 heavy (non-hydrogen) atoms. The fourth-order valence-corrected chi connectivity index (χ4v) is 5.50. The molecule has 7 unspecified atom stereocenters. The first-order valence-electron chi connectivity index (χ1n) is 14.0. The van der Waals surface area contributed by atoms with E-state index < -0.39 is 104 Å². The van der Waals surface area contributed by atoms with Gasteiger partial charge in [0.05, 0.1) is 37.4 Å². The molecule has 0 radical (unpaired) electrons. The van der Waals surface area contributed by atoms with Crippen LogP contribution in [-0.2, 0) is 23.7 Å². The molecule has 0 aromatic heterocycles. The van der Waals surface area contributed by atoms with Crippen molar-refractivity contribution in [2.45, 2.75) is 104 Å². The van der Waals surface area contributed by atoms with Crippen LogP contribution in [0.2, 0.25) is 0 Å². The zero-order valence-corrected chi connectivity index (χ0v) is 23.1. The van der Waals surface area contributed by atoms with Gasteiger partial charge in [-0.25, -0.2) is 4.39 Å². The summed E-state index contributed by atoms with van der Waals surface area (Å²) in [7, 11) is 0. The molecule has 0 spiro atoms. The van der Waals surface area contributed by atoms with E-state index in [1.807, 2.05) is 0 Å². The van der Waals surface area contributed by atoms with E-state index in [-0.39, 0.29) is 31.9 Å². The summed E-state index contributed by atoms with van der Waals surface area (Å²) in [5.41, 5.74) is 22.3. The Kier molecular flexibility index (Phi) is 11.1. The maximum Gasteiger partial charge on any atom is 0.254 e. The molecule has 1 saturated carbocycles. The predicted molar refractivity (Wildman–Crippen MR) is 142 cm³/mol. The Balaban J connectivity index is 1.52. The van der Waals surface area contributed by atoms with Crippen LogP contribution in [0.3, 0.4) is 0 Å². The summed E-state index contributed by atoms with van der Waals surface area (Å²) < 4.78 is 36.2. The molecule has 17 nitrogen and oxygen atoms in total. The highest BCUT2D eigenvalue weighted by Gasteiger charge is 2.52. The van der Waals surface area contributed by atoms with Crippen molar-refractivity contribution in [2.24, 2.45) is 27.9 Å². The average Bonchev–Trinajstić information content (AvgIpc) is 2.95. The van der Waals surface area contributed by atoms with E-state index in [0.29, 0.717) is 12.8 Å². The Morgan fingerprint density at radius 2 is 1.71 bits per heavy atom. The zero-order chi connectivity index (χ0) is 30.8. The number of alkyl halides is 1. The summed E-state index contributed by atoms with van der Waals surface area (Å²) in [6.07, 6.45) is -10.3. The number of halogens is 1. The number of carbonyl (C=O) groups excluding carboxylic acids is 1. The summed E-state index contributed by atoms with van der Waals surface area (Å²) in [4.78, 5) is 16.8. The second-order valence-corrected chi connectivity index (χ2v) is 11.4. The van der Waals surface area contributed by atoms with Crippen LogP contribution in [0, 0.1) is 0 Å². The number of nitrogens with two attached hydrogens (primary N) is 4. The van der Waals surface area contributed by atoms with Gasteiger partial charge < -0.3 is 78.0 Å². The molecule has 3 aliphatic heterocycles. The Hall–Kier alpha value is -1.65. The molecule has 18 heteroatoms. The monoisotopic (exact) mass is 609 g/mol. The van der Waals surface area contributed by atoms with E-state index >= 15 is 0 Å². The number of amidine groups is 1.